The Morgan fingerprint density at radius 2 is 2.00 bits per heavy atom. The number of hydrogen-bond donors (Lipinski definition) is 2. The number of nitrogens with two attached hydrogens (primary N) is 1. The second-order valence-electron chi connectivity index (χ2n) is 5.59. The van der Waals surface area contributed by atoms with Gasteiger partial charge in [0.25, 0.3) is 5.91 Å². The van der Waals surface area contributed by atoms with Gasteiger partial charge in [-0.25, -0.2) is 9.78 Å². The molecule has 3 rings (SSSR count). The smallest absolute Gasteiger partial charge is 0.321 e. The number of aryl methyl sites for hydroxylation is 1. The third-order valence-corrected chi connectivity index (χ3v) is 3.97. The molecule has 0 bridgehead atoms. The molecule has 2 aromatic rings. The summed E-state index contributed by atoms with van der Waals surface area (Å²) in [4.78, 5) is 29.8. The van der Waals surface area contributed by atoms with Gasteiger partial charge in [-0.3, -0.25) is 4.79 Å². The maximum Gasteiger partial charge on any atom is 0.321 e. The Bertz CT molecular complexity index is 731. The lowest BCUT2D eigenvalue weighted by Gasteiger charge is -2.26. The standard InChI is InChI=1S/C15H19N5O2/c1-19-9-12(13(16)21)11-7-10(8-17-14(11)19)18-15(22)20-5-3-2-4-6-20/h7-9H,2-6H2,1H3,(H2,16,21)(H,18,22). The number of urea groups is 1. The van der Waals surface area contributed by atoms with Crippen molar-refractivity contribution >= 4 is 28.7 Å². The van der Waals surface area contributed by atoms with Crippen LogP contribution in [0.4, 0.5) is 10.5 Å². The summed E-state index contributed by atoms with van der Waals surface area (Å²) in [5, 5.41) is 3.49. The number of fused-ring (bicyclic) bond motifs is 1. The van der Waals surface area contributed by atoms with Gasteiger partial charge in [0, 0.05) is 31.7 Å². The van der Waals surface area contributed by atoms with Gasteiger partial charge in [0.1, 0.15) is 5.65 Å². The first kappa shape index (κ1) is 14.4. The minimum absolute atomic E-state index is 0.127. The van der Waals surface area contributed by atoms with Crippen LogP contribution >= 0.6 is 0 Å². The van der Waals surface area contributed by atoms with Crippen LogP contribution in [0.15, 0.2) is 18.5 Å². The number of amides is 3. The topological polar surface area (TPSA) is 93.2 Å². The molecule has 7 nitrogen and oxygen atoms in total. The number of carbonyl (C=O) groups is 2. The molecule has 3 N–H and O–H groups in total. The number of nitrogens with one attached hydrogen (secondary N) is 1. The fourth-order valence-electron chi connectivity index (χ4n) is 2.83. The number of likely N-dealkylation sites (tertiary alicyclic amines) is 1. The first-order valence-electron chi connectivity index (χ1n) is 7.37. The Labute approximate surface area is 128 Å². The summed E-state index contributed by atoms with van der Waals surface area (Å²) in [5.41, 5.74) is 7.01. The summed E-state index contributed by atoms with van der Waals surface area (Å²) < 4.78 is 1.74. The molecule has 1 saturated heterocycles. The molecule has 0 saturated carbocycles. The number of pyridine rings is 1. The highest BCUT2D eigenvalue weighted by atomic mass is 16.2. The fraction of sp³-hybridized carbons (Fsp3) is 0.400. The molecule has 3 heterocycles. The summed E-state index contributed by atoms with van der Waals surface area (Å²) >= 11 is 0. The molecular formula is C15H19N5O2. The van der Waals surface area contributed by atoms with Crippen molar-refractivity contribution in [2.75, 3.05) is 18.4 Å². The maximum atomic E-state index is 12.2. The first-order valence-corrected chi connectivity index (χ1v) is 7.37. The van der Waals surface area contributed by atoms with E-state index >= 15 is 0 Å². The van der Waals surface area contributed by atoms with Crippen LogP contribution in [0.2, 0.25) is 0 Å². The minimum Gasteiger partial charge on any atom is -0.366 e. The van der Waals surface area contributed by atoms with Crippen LogP contribution in [0.5, 0.6) is 0 Å². The van der Waals surface area contributed by atoms with Crippen molar-refractivity contribution in [1.82, 2.24) is 14.5 Å². The zero-order valence-corrected chi connectivity index (χ0v) is 12.5. The minimum atomic E-state index is -0.507. The quantitative estimate of drug-likeness (QED) is 0.884. The van der Waals surface area contributed by atoms with Gasteiger partial charge in [-0.15, -0.1) is 0 Å². The second-order valence-corrected chi connectivity index (χ2v) is 5.59. The lowest BCUT2D eigenvalue weighted by molar-refractivity contribution is 0.100. The molecule has 0 aromatic carbocycles. The third-order valence-electron chi connectivity index (χ3n) is 3.97. The van der Waals surface area contributed by atoms with E-state index in [1.807, 2.05) is 0 Å². The Morgan fingerprint density at radius 1 is 1.27 bits per heavy atom. The highest BCUT2D eigenvalue weighted by Crippen LogP contribution is 2.22. The van der Waals surface area contributed by atoms with E-state index in [0.717, 1.165) is 25.9 Å². The van der Waals surface area contributed by atoms with Gasteiger partial charge in [0.2, 0.25) is 0 Å². The molecule has 3 amide bonds. The monoisotopic (exact) mass is 301 g/mol. The van der Waals surface area contributed by atoms with Crippen LogP contribution in [-0.2, 0) is 7.05 Å². The molecule has 2 aromatic heterocycles. The lowest BCUT2D eigenvalue weighted by Crippen LogP contribution is -2.38. The highest BCUT2D eigenvalue weighted by Gasteiger charge is 2.18. The number of aromatic nitrogens is 2. The lowest BCUT2D eigenvalue weighted by atomic mass is 10.1. The van der Waals surface area contributed by atoms with E-state index < -0.39 is 5.91 Å². The maximum absolute atomic E-state index is 12.2. The molecule has 22 heavy (non-hydrogen) atoms. The van der Waals surface area contributed by atoms with Crippen molar-refractivity contribution in [3.05, 3.63) is 24.0 Å². The van der Waals surface area contributed by atoms with Crippen LogP contribution in [-0.4, -0.2) is 39.5 Å². The van der Waals surface area contributed by atoms with Crippen LogP contribution < -0.4 is 11.1 Å². The van der Waals surface area contributed by atoms with Gasteiger partial charge in [0.15, 0.2) is 0 Å². The molecule has 0 unspecified atom stereocenters. The van der Waals surface area contributed by atoms with E-state index in [9.17, 15) is 9.59 Å². The number of nitrogens with zero attached hydrogens (tertiary/aromatic N) is 3. The van der Waals surface area contributed by atoms with Crippen LogP contribution in [0.25, 0.3) is 11.0 Å². The molecule has 0 atom stereocenters. The third kappa shape index (κ3) is 2.61. The second kappa shape index (κ2) is 5.67. The predicted octanol–water partition coefficient (Wildman–Crippen LogP) is 1.69. The van der Waals surface area contributed by atoms with Gasteiger partial charge in [-0.1, -0.05) is 0 Å². The van der Waals surface area contributed by atoms with Crippen LogP contribution in [0, 0.1) is 0 Å². The number of piperidine rings is 1. The predicted molar refractivity (Wildman–Crippen MR) is 83.7 cm³/mol. The molecule has 1 aliphatic heterocycles. The van der Waals surface area contributed by atoms with E-state index in [2.05, 4.69) is 10.3 Å². The zero-order valence-electron chi connectivity index (χ0n) is 12.5. The largest absolute Gasteiger partial charge is 0.366 e. The molecule has 0 spiro atoms. The number of anilines is 1. The van der Waals surface area contributed by atoms with E-state index in [1.54, 1.807) is 35.0 Å². The van der Waals surface area contributed by atoms with Crippen molar-refractivity contribution in [2.45, 2.75) is 19.3 Å². The molecule has 1 fully saturated rings. The molecule has 7 heteroatoms. The Morgan fingerprint density at radius 3 is 2.68 bits per heavy atom. The van der Waals surface area contributed by atoms with E-state index in [1.165, 1.54) is 6.42 Å². The van der Waals surface area contributed by atoms with E-state index in [0.29, 0.717) is 22.3 Å². The fourth-order valence-corrected chi connectivity index (χ4v) is 2.83. The van der Waals surface area contributed by atoms with E-state index in [-0.39, 0.29) is 6.03 Å². The van der Waals surface area contributed by atoms with Crippen molar-refractivity contribution in [2.24, 2.45) is 12.8 Å². The van der Waals surface area contributed by atoms with Gasteiger partial charge in [-0.05, 0) is 25.3 Å². The number of carbonyl (C=O) groups excluding carboxylic acids is 2. The molecular weight excluding hydrogens is 282 g/mol. The summed E-state index contributed by atoms with van der Waals surface area (Å²) in [7, 11) is 1.80. The Hall–Kier alpha value is -2.57. The highest BCUT2D eigenvalue weighted by molar-refractivity contribution is 6.06. The van der Waals surface area contributed by atoms with Gasteiger partial charge < -0.3 is 20.5 Å². The molecule has 116 valence electrons. The number of rotatable bonds is 2. The average molecular weight is 301 g/mol. The molecule has 0 aliphatic carbocycles. The summed E-state index contributed by atoms with van der Waals surface area (Å²) in [6.45, 7) is 1.55. The van der Waals surface area contributed by atoms with Gasteiger partial charge in [0.05, 0.1) is 17.4 Å². The molecule has 1 aliphatic rings. The van der Waals surface area contributed by atoms with Crippen molar-refractivity contribution < 1.29 is 9.59 Å². The average Bonchev–Trinajstić information content (AvgIpc) is 2.85. The molecule has 0 radical (unpaired) electrons. The van der Waals surface area contributed by atoms with Crippen LogP contribution in [0.3, 0.4) is 0 Å². The number of hydrogen-bond acceptors (Lipinski definition) is 3. The summed E-state index contributed by atoms with van der Waals surface area (Å²) in [5.74, 6) is -0.507. The summed E-state index contributed by atoms with van der Waals surface area (Å²) in [6, 6.07) is 1.61. The van der Waals surface area contributed by atoms with Gasteiger partial charge >= 0.3 is 6.03 Å². The van der Waals surface area contributed by atoms with Gasteiger partial charge in [-0.2, -0.15) is 0 Å². The van der Waals surface area contributed by atoms with E-state index in [4.69, 9.17) is 5.73 Å². The summed E-state index contributed by atoms with van der Waals surface area (Å²) in [6.07, 6.45) is 6.49. The Balaban J connectivity index is 1.86. The zero-order chi connectivity index (χ0) is 15.7. The van der Waals surface area contributed by atoms with Crippen molar-refractivity contribution in [3.63, 3.8) is 0 Å². The normalized spacial score (nSPS) is 15.0. The first-order chi connectivity index (χ1) is 10.6. The SMILES string of the molecule is Cn1cc(C(N)=O)c2cc(NC(=O)N3CCCCC3)cnc21. The van der Waals surface area contributed by atoms with Crippen molar-refractivity contribution in [3.8, 4) is 0 Å². The van der Waals surface area contributed by atoms with Crippen LogP contribution in [0.1, 0.15) is 29.6 Å². The number of primary amides is 1. The van der Waals surface area contributed by atoms with Crippen molar-refractivity contribution in [1.29, 1.82) is 0 Å². The Kier molecular flexibility index (Phi) is 3.70.